The van der Waals surface area contributed by atoms with E-state index in [0.29, 0.717) is 17.3 Å². The minimum absolute atomic E-state index is 0.301. The first-order chi connectivity index (χ1) is 7.21. The van der Waals surface area contributed by atoms with E-state index in [1.54, 1.807) is 0 Å². The molecule has 90 valence electrons. The van der Waals surface area contributed by atoms with Crippen LogP contribution >= 0.6 is 0 Å². The fraction of sp³-hybridized carbons (Fsp3) is 0.923. The third kappa shape index (κ3) is 1.63. The molecule has 2 nitrogen and oxygen atoms in total. The standard InChI is InChI=1S/C13H23NOSi/c1-12(2)10-6-7-11(12)13(8-10,9-14)15-16(3,4)5/h10-11H,6-8H2,1-5H3/t10-,11-,13+/m1/s1. The molecule has 2 aliphatic carbocycles. The van der Waals surface area contributed by atoms with Gasteiger partial charge >= 0.3 is 0 Å². The molecule has 0 aliphatic heterocycles. The molecular weight excluding hydrogens is 214 g/mol. The SMILES string of the molecule is CC1(C)[C@@H]2CC[C@H]1[C@](C#N)(O[Si](C)(C)C)C2. The number of rotatable bonds is 2. The van der Waals surface area contributed by atoms with Crippen molar-refractivity contribution in [1.82, 2.24) is 0 Å². The lowest BCUT2D eigenvalue weighted by molar-refractivity contribution is 0.0443. The van der Waals surface area contributed by atoms with Crippen molar-refractivity contribution in [3.05, 3.63) is 0 Å². The smallest absolute Gasteiger partial charge is 0.185 e. The highest BCUT2D eigenvalue weighted by atomic mass is 28.4. The van der Waals surface area contributed by atoms with E-state index in [4.69, 9.17) is 4.43 Å². The second-order valence-electron chi connectivity index (χ2n) is 7.07. The van der Waals surface area contributed by atoms with Crippen molar-refractivity contribution in [1.29, 1.82) is 5.26 Å². The van der Waals surface area contributed by atoms with Crippen molar-refractivity contribution in [3.63, 3.8) is 0 Å². The molecule has 0 heterocycles. The van der Waals surface area contributed by atoms with Crippen LogP contribution in [0.3, 0.4) is 0 Å². The molecule has 0 radical (unpaired) electrons. The van der Waals surface area contributed by atoms with Gasteiger partial charge in [0.15, 0.2) is 8.32 Å². The summed E-state index contributed by atoms with van der Waals surface area (Å²) in [5.41, 5.74) is -0.160. The van der Waals surface area contributed by atoms with Crippen LogP contribution < -0.4 is 0 Å². The Morgan fingerprint density at radius 1 is 1.25 bits per heavy atom. The molecular formula is C13H23NOSi. The summed E-state index contributed by atoms with van der Waals surface area (Å²) in [6, 6.07) is 2.53. The van der Waals surface area contributed by atoms with Gasteiger partial charge in [-0.1, -0.05) is 13.8 Å². The monoisotopic (exact) mass is 237 g/mol. The molecule has 0 spiro atoms. The Morgan fingerprint density at radius 2 is 1.88 bits per heavy atom. The first-order valence-corrected chi connectivity index (χ1v) is 9.73. The lowest BCUT2D eigenvalue weighted by atomic mass is 9.79. The third-order valence-electron chi connectivity index (χ3n) is 4.54. The van der Waals surface area contributed by atoms with Gasteiger partial charge in [-0.25, -0.2) is 0 Å². The van der Waals surface area contributed by atoms with E-state index < -0.39 is 13.9 Å². The van der Waals surface area contributed by atoms with Gasteiger partial charge in [-0.15, -0.1) is 0 Å². The average molecular weight is 237 g/mol. The molecule has 2 bridgehead atoms. The Morgan fingerprint density at radius 3 is 2.19 bits per heavy atom. The van der Waals surface area contributed by atoms with Crippen molar-refractivity contribution in [2.24, 2.45) is 17.3 Å². The molecule has 0 saturated heterocycles. The summed E-state index contributed by atoms with van der Waals surface area (Å²) in [6.45, 7) is 11.2. The molecule has 0 aromatic carbocycles. The van der Waals surface area contributed by atoms with Crippen LogP contribution in [0.5, 0.6) is 0 Å². The molecule has 2 rings (SSSR count). The van der Waals surface area contributed by atoms with E-state index in [0.717, 1.165) is 6.42 Å². The number of nitriles is 1. The summed E-state index contributed by atoms with van der Waals surface area (Å²) in [7, 11) is -1.64. The maximum absolute atomic E-state index is 9.58. The van der Waals surface area contributed by atoms with E-state index in [2.05, 4.69) is 39.6 Å². The topological polar surface area (TPSA) is 33.0 Å². The van der Waals surface area contributed by atoms with Gasteiger partial charge in [0.05, 0.1) is 6.07 Å². The Labute approximate surface area is 100 Å². The van der Waals surface area contributed by atoms with E-state index in [9.17, 15) is 5.26 Å². The van der Waals surface area contributed by atoms with E-state index in [1.807, 2.05) is 0 Å². The summed E-state index contributed by atoms with van der Waals surface area (Å²) in [5, 5.41) is 9.58. The molecule has 0 N–H and O–H groups in total. The summed E-state index contributed by atoms with van der Waals surface area (Å²) in [5.74, 6) is 1.13. The minimum Gasteiger partial charge on any atom is -0.400 e. The Bertz CT molecular complexity index is 339. The van der Waals surface area contributed by atoms with Crippen molar-refractivity contribution in [2.45, 2.75) is 58.4 Å². The number of hydrogen-bond acceptors (Lipinski definition) is 2. The van der Waals surface area contributed by atoms with E-state index in [1.165, 1.54) is 12.8 Å². The molecule has 0 aromatic rings. The first kappa shape index (κ1) is 12.1. The summed E-state index contributed by atoms with van der Waals surface area (Å²) < 4.78 is 6.28. The highest BCUT2D eigenvalue weighted by Crippen LogP contribution is 2.63. The van der Waals surface area contributed by atoms with Crippen LogP contribution in [0.1, 0.15) is 33.1 Å². The van der Waals surface area contributed by atoms with Crippen molar-refractivity contribution in [3.8, 4) is 6.07 Å². The van der Waals surface area contributed by atoms with E-state index >= 15 is 0 Å². The second kappa shape index (κ2) is 3.33. The van der Waals surface area contributed by atoms with Crippen LogP contribution in [0.15, 0.2) is 0 Å². The normalized spacial score (nSPS) is 41.0. The predicted molar refractivity (Wildman–Crippen MR) is 67.4 cm³/mol. The molecule has 3 heteroatoms. The van der Waals surface area contributed by atoms with Gasteiger partial charge < -0.3 is 4.43 Å². The zero-order valence-corrected chi connectivity index (χ0v) is 12.1. The summed E-state index contributed by atoms with van der Waals surface area (Å²) in [4.78, 5) is 0. The van der Waals surface area contributed by atoms with Gasteiger partial charge in [0.2, 0.25) is 0 Å². The predicted octanol–water partition coefficient (Wildman–Crippen LogP) is 3.56. The van der Waals surface area contributed by atoms with Gasteiger partial charge in [0.25, 0.3) is 0 Å². The largest absolute Gasteiger partial charge is 0.400 e. The van der Waals surface area contributed by atoms with Crippen molar-refractivity contribution < 1.29 is 4.43 Å². The molecule has 0 aromatic heterocycles. The summed E-state index contributed by atoms with van der Waals surface area (Å²) in [6.07, 6.45) is 3.43. The molecule has 3 atom stereocenters. The highest BCUT2D eigenvalue weighted by molar-refractivity contribution is 6.69. The van der Waals surface area contributed by atoms with Gasteiger partial charge in [-0.05, 0) is 50.2 Å². The highest BCUT2D eigenvalue weighted by Gasteiger charge is 2.63. The van der Waals surface area contributed by atoms with Crippen LogP contribution in [-0.4, -0.2) is 13.9 Å². The quantitative estimate of drug-likeness (QED) is 0.688. The molecule has 2 aliphatic rings. The van der Waals surface area contributed by atoms with Gasteiger partial charge in [-0.2, -0.15) is 5.26 Å². The Kier molecular flexibility index (Phi) is 2.53. The van der Waals surface area contributed by atoms with Gasteiger partial charge in [-0.3, -0.25) is 0 Å². The minimum atomic E-state index is -1.64. The maximum atomic E-state index is 9.58. The molecule has 16 heavy (non-hydrogen) atoms. The maximum Gasteiger partial charge on any atom is 0.185 e. The fourth-order valence-corrected chi connectivity index (χ4v) is 5.27. The number of nitrogens with zero attached hydrogens (tertiary/aromatic N) is 1. The fourth-order valence-electron chi connectivity index (χ4n) is 3.91. The van der Waals surface area contributed by atoms with Crippen LogP contribution in [-0.2, 0) is 4.43 Å². The number of fused-ring (bicyclic) bond motifs is 2. The molecule has 2 saturated carbocycles. The van der Waals surface area contributed by atoms with Crippen LogP contribution in [0.25, 0.3) is 0 Å². The average Bonchev–Trinajstić information content (AvgIpc) is 2.50. The molecule has 0 unspecified atom stereocenters. The number of hydrogen-bond donors (Lipinski definition) is 0. The summed E-state index contributed by atoms with van der Waals surface area (Å²) >= 11 is 0. The van der Waals surface area contributed by atoms with Crippen molar-refractivity contribution >= 4 is 8.32 Å². The molecule has 2 fully saturated rings. The Balaban J connectivity index is 2.30. The van der Waals surface area contributed by atoms with Crippen LogP contribution in [0.2, 0.25) is 19.6 Å². The zero-order chi connectivity index (χ0) is 12.2. The van der Waals surface area contributed by atoms with Crippen LogP contribution in [0, 0.1) is 28.6 Å². The van der Waals surface area contributed by atoms with Gasteiger partial charge in [0, 0.05) is 5.92 Å². The van der Waals surface area contributed by atoms with E-state index in [-0.39, 0.29) is 0 Å². The first-order valence-electron chi connectivity index (χ1n) is 6.33. The zero-order valence-electron chi connectivity index (χ0n) is 11.1. The van der Waals surface area contributed by atoms with Gasteiger partial charge in [0.1, 0.15) is 5.60 Å². The van der Waals surface area contributed by atoms with Crippen LogP contribution in [0.4, 0.5) is 0 Å². The Hall–Kier alpha value is -0.333. The van der Waals surface area contributed by atoms with Crippen molar-refractivity contribution in [2.75, 3.05) is 0 Å². The second-order valence-corrected chi connectivity index (χ2v) is 11.5. The molecule has 0 amide bonds. The third-order valence-corrected chi connectivity index (χ3v) is 5.52. The lowest BCUT2D eigenvalue weighted by Gasteiger charge is -2.38. The lowest BCUT2D eigenvalue weighted by Crippen LogP contribution is -2.46.